The van der Waals surface area contributed by atoms with E-state index in [1.54, 1.807) is 13.2 Å². The van der Waals surface area contributed by atoms with Crippen molar-refractivity contribution in [3.63, 3.8) is 0 Å². The van der Waals surface area contributed by atoms with Crippen LogP contribution >= 0.6 is 11.3 Å². The predicted molar refractivity (Wildman–Crippen MR) is 147 cm³/mol. The standard InChI is InChI=1S/C27H29N7O3S/c1-37-21-6-3-2-5-18(21)25-19-16-34(13-10-20(19)31-32-25)24-15-23(28-26(36)22-7-4-14-38-22)29-27(30-24)33-11-8-17(35)9-12-33/h2-7,14-15,17,35H,8-13,16H2,1H3,(H,31,32)(H,28,29,30,36). The summed E-state index contributed by atoms with van der Waals surface area (Å²) in [6.07, 6.45) is 1.80. The Kier molecular flexibility index (Phi) is 6.69. The zero-order valence-corrected chi connectivity index (χ0v) is 21.9. The summed E-state index contributed by atoms with van der Waals surface area (Å²) in [5, 5.41) is 22.7. The Hall–Kier alpha value is -3.96. The summed E-state index contributed by atoms with van der Waals surface area (Å²) in [5.74, 6) is 2.32. The zero-order valence-electron chi connectivity index (χ0n) is 21.1. The minimum atomic E-state index is -0.303. The molecule has 3 N–H and O–H groups in total. The van der Waals surface area contributed by atoms with Crippen LogP contribution in [0.4, 0.5) is 17.6 Å². The fourth-order valence-electron chi connectivity index (χ4n) is 4.99. The Morgan fingerprint density at radius 2 is 1.97 bits per heavy atom. The number of hydrogen-bond acceptors (Lipinski definition) is 9. The fourth-order valence-corrected chi connectivity index (χ4v) is 5.61. The number of carbonyl (C=O) groups is 1. The van der Waals surface area contributed by atoms with Crippen molar-refractivity contribution in [3.8, 4) is 17.0 Å². The van der Waals surface area contributed by atoms with Gasteiger partial charge in [0.1, 0.15) is 23.1 Å². The quantitative estimate of drug-likeness (QED) is 0.345. The number of carbonyl (C=O) groups excluding carboxylic acids is 1. The molecular formula is C27H29N7O3S. The summed E-state index contributed by atoms with van der Waals surface area (Å²) in [6.45, 7) is 2.67. The number of amides is 1. The molecule has 0 atom stereocenters. The molecule has 0 saturated carbocycles. The van der Waals surface area contributed by atoms with Gasteiger partial charge in [-0.2, -0.15) is 15.1 Å². The number of para-hydroxylation sites is 1. The monoisotopic (exact) mass is 531 g/mol. The van der Waals surface area contributed by atoms with Crippen molar-refractivity contribution in [1.29, 1.82) is 0 Å². The minimum Gasteiger partial charge on any atom is -0.496 e. The second-order valence-corrected chi connectivity index (χ2v) is 10.4. The molecule has 1 fully saturated rings. The number of rotatable bonds is 6. The van der Waals surface area contributed by atoms with Crippen LogP contribution in [0.15, 0.2) is 47.8 Å². The molecule has 0 aliphatic carbocycles. The van der Waals surface area contributed by atoms with Crippen molar-refractivity contribution in [2.75, 3.05) is 41.9 Å². The molecular weight excluding hydrogens is 502 g/mol. The lowest BCUT2D eigenvalue weighted by atomic mass is 10.0. The molecule has 1 aromatic carbocycles. The van der Waals surface area contributed by atoms with Crippen molar-refractivity contribution >= 4 is 34.8 Å². The second kappa shape index (κ2) is 10.4. The zero-order chi connectivity index (χ0) is 26.1. The van der Waals surface area contributed by atoms with Gasteiger partial charge in [-0.25, -0.2) is 0 Å². The average molecular weight is 532 g/mol. The maximum Gasteiger partial charge on any atom is 0.266 e. The van der Waals surface area contributed by atoms with E-state index < -0.39 is 0 Å². The van der Waals surface area contributed by atoms with E-state index in [1.165, 1.54) is 11.3 Å². The fraction of sp³-hybridized carbons (Fsp3) is 0.333. The van der Waals surface area contributed by atoms with Gasteiger partial charge in [-0.1, -0.05) is 18.2 Å². The molecule has 6 rings (SSSR count). The van der Waals surface area contributed by atoms with Crippen LogP contribution in [0.1, 0.15) is 33.8 Å². The molecule has 0 unspecified atom stereocenters. The van der Waals surface area contributed by atoms with Gasteiger partial charge in [-0.3, -0.25) is 9.89 Å². The topological polar surface area (TPSA) is 120 Å². The molecule has 10 nitrogen and oxygen atoms in total. The highest BCUT2D eigenvalue weighted by atomic mass is 32.1. The maximum atomic E-state index is 12.8. The number of aromatic nitrogens is 4. The highest BCUT2D eigenvalue weighted by Gasteiger charge is 2.27. The van der Waals surface area contributed by atoms with Crippen LogP contribution in [-0.4, -0.2) is 64.0 Å². The van der Waals surface area contributed by atoms with Crippen LogP contribution in [0.25, 0.3) is 11.3 Å². The Balaban J connectivity index is 1.33. The lowest BCUT2D eigenvalue weighted by molar-refractivity contribution is 0.103. The van der Waals surface area contributed by atoms with E-state index in [1.807, 2.05) is 41.8 Å². The first-order valence-corrected chi connectivity index (χ1v) is 13.6. The van der Waals surface area contributed by atoms with Gasteiger partial charge in [0.2, 0.25) is 5.95 Å². The number of methoxy groups -OCH3 is 1. The van der Waals surface area contributed by atoms with Gasteiger partial charge >= 0.3 is 0 Å². The normalized spacial score (nSPS) is 15.8. The first kappa shape index (κ1) is 24.4. The summed E-state index contributed by atoms with van der Waals surface area (Å²) in [6, 6.07) is 13.4. The molecule has 0 radical (unpaired) electrons. The van der Waals surface area contributed by atoms with Crippen LogP contribution < -0.4 is 19.9 Å². The number of anilines is 3. The number of aliphatic hydroxyl groups excluding tert-OH is 1. The van der Waals surface area contributed by atoms with Crippen molar-refractivity contribution in [2.24, 2.45) is 0 Å². The SMILES string of the molecule is COc1ccccc1-c1n[nH]c2c1CN(c1cc(NC(=O)c3cccs3)nc(N3CCC(O)CC3)n1)CC2. The third kappa shape index (κ3) is 4.82. The van der Waals surface area contributed by atoms with Gasteiger partial charge < -0.3 is 25.0 Å². The molecule has 5 heterocycles. The molecule has 2 aliphatic heterocycles. The van der Waals surface area contributed by atoms with E-state index in [-0.39, 0.29) is 12.0 Å². The number of fused-ring (bicyclic) bond motifs is 1. The third-order valence-corrected chi connectivity index (χ3v) is 7.92. The largest absolute Gasteiger partial charge is 0.496 e. The lowest BCUT2D eigenvalue weighted by Crippen LogP contribution is -2.37. The van der Waals surface area contributed by atoms with E-state index in [9.17, 15) is 9.90 Å². The van der Waals surface area contributed by atoms with Gasteiger partial charge in [0.25, 0.3) is 5.91 Å². The minimum absolute atomic E-state index is 0.195. The Morgan fingerprint density at radius 3 is 2.76 bits per heavy atom. The number of ether oxygens (including phenoxy) is 1. The summed E-state index contributed by atoms with van der Waals surface area (Å²) in [4.78, 5) is 27.3. The molecule has 3 aromatic heterocycles. The number of aliphatic hydroxyl groups is 1. The van der Waals surface area contributed by atoms with Gasteiger partial charge in [-0.15, -0.1) is 11.3 Å². The number of nitrogens with one attached hydrogen (secondary N) is 2. The highest BCUT2D eigenvalue weighted by Crippen LogP contribution is 2.35. The summed E-state index contributed by atoms with van der Waals surface area (Å²) < 4.78 is 5.59. The molecule has 1 saturated heterocycles. The van der Waals surface area contributed by atoms with Gasteiger partial charge in [-0.05, 0) is 36.4 Å². The average Bonchev–Trinajstić information content (AvgIpc) is 3.64. The van der Waals surface area contributed by atoms with Crippen LogP contribution in [0.2, 0.25) is 0 Å². The van der Waals surface area contributed by atoms with E-state index in [2.05, 4.69) is 25.3 Å². The van der Waals surface area contributed by atoms with Crippen molar-refractivity contribution in [2.45, 2.75) is 31.9 Å². The van der Waals surface area contributed by atoms with Crippen LogP contribution in [0.5, 0.6) is 5.75 Å². The van der Waals surface area contributed by atoms with E-state index in [0.717, 1.165) is 47.0 Å². The molecule has 0 spiro atoms. The molecule has 0 bridgehead atoms. The van der Waals surface area contributed by atoms with E-state index in [0.29, 0.717) is 49.1 Å². The predicted octanol–water partition coefficient (Wildman–Crippen LogP) is 3.71. The summed E-state index contributed by atoms with van der Waals surface area (Å²) >= 11 is 1.39. The van der Waals surface area contributed by atoms with Gasteiger partial charge in [0.15, 0.2) is 0 Å². The number of H-pyrrole nitrogens is 1. The van der Waals surface area contributed by atoms with Crippen LogP contribution in [0, 0.1) is 0 Å². The number of benzene rings is 1. The van der Waals surface area contributed by atoms with E-state index in [4.69, 9.17) is 14.7 Å². The van der Waals surface area contributed by atoms with Crippen LogP contribution in [0.3, 0.4) is 0 Å². The summed E-state index contributed by atoms with van der Waals surface area (Å²) in [5.41, 5.74) is 4.01. The van der Waals surface area contributed by atoms with Crippen molar-refractivity contribution in [3.05, 3.63) is 64.0 Å². The molecule has 196 valence electrons. The number of thiophene rings is 1. The van der Waals surface area contributed by atoms with Crippen molar-refractivity contribution < 1.29 is 14.6 Å². The van der Waals surface area contributed by atoms with Crippen molar-refractivity contribution in [1.82, 2.24) is 20.2 Å². The van der Waals surface area contributed by atoms with Crippen LogP contribution in [-0.2, 0) is 13.0 Å². The smallest absolute Gasteiger partial charge is 0.266 e. The van der Waals surface area contributed by atoms with E-state index >= 15 is 0 Å². The highest BCUT2D eigenvalue weighted by molar-refractivity contribution is 7.12. The molecule has 38 heavy (non-hydrogen) atoms. The number of piperidine rings is 1. The Labute approximate surface area is 224 Å². The first-order chi connectivity index (χ1) is 18.6. The Morgan fingerprint density at radius 1 is 1.13 bits per heavy atom. The maximum absolute atomic E-state index is 12.8. The number of nitrogens with zero attached hydrogens (tertiary/aromatic N) is 5. The second-order valence-electron chi connectivity index (χ2n) is 9.46. The lowest BCUT2D eigenvalue weighted by Gasteiger charge is -2.32. The van der Waals surface area contributed by atoms with Gasteiger partial charge in [0, 0.05) is 55.5 Å². The molecule has 1 amide bonds. The third-order valence-electron chi connectivity index (χ3n) is 7.05. The summed E-state index contributed by atoms with van der Waals surface area (Å²) in [7, 11) is 1.66. The Bertz CT molecular complexity index is 1430. The number of aromatic amines is 1. The molecule has 2 aliphatic rings. The molecule has 4 aromatic rings. The van der Waals surface area contributed by atoms with Gasteiger partial charge in [0.05, 0.1) is 18.1 Å². The number of hydrogen-bond donors (Lipinski definition) is 3. The first-order valence-electron chi connectivity index (χ1n) is 12.7. The molecule has 11 heteroatoms.